The molecule has 8 heteroatoms. The fourth-order valence-corrected chi connectivity index (χ4v) is 3.21. The van der Waals surface area contributed by atoms with Gasteiger partial charge < -0.3 is 15.2 Å². The Bertz CT molecular complexity index is 780. The molecule has 1 aromatic heterocycles. The number of nitrogens with zero attached hydrogens (tertiary/aromatic N) is 3. The monoisotopic (exact) mass is 362 g/mol. The Kier molecular flexibility index (Phi) is 4.23. The van der Waals surface area contributed by atoms with Crippen molar-refractivity contribution in [2.75, 3.05) is 19.8 Å². The lowest BCUT2D eigenvalue weighted by molar-refractivity contribution is -0.120. The van der Waals surface area contributed by atoms with Crippen molar-refractivity contribution in [1.29, 1.82) is 0 Å². The first-order valence-corrected chi connectivity index (χ1v) is 8.67. The number of amides is 1. The summed E-state index contributed by atoms with van der Waals surface area (Å²) in [6.07, 6.45) is 1.28. The summed E-state index contributed by atoms with van der Waals surface area (Å²) in [6.45, 7) is 2.13. The van der Waals surface area contributed by atoms with Gasteiger partial charge in [-0.05, 0) is 37.1 Å². The summed E-state index contributed by atoms with van der Waals surface area (Å²) in [7, 11) is 0. The van der Waals surface area contributed by atoms with Crippen molar-refractivity contribution in [1.82, 2.24) is 14.8 Å². The fraction of sp³-hybridized carbons (Fsp3) is 0.471. The van der Waals surface area contributed by atoms with Crippen molar-refractivity contribution in [3.63, 3.8) is 0 Å². The Morgan fingerprint density at radius 2 is 2.08 bits per heavy atom. The van der Waals surface area contributed by atoms with E-state index in [1.807, 2.05) is 12.1 Å². The number of nitrogens with two attached hydrogens (primary N) is 1. The topological polar surface area (TPSA) is 92.3 Å². The Labute approximate surface area is 150 Å². The number of hydrogen-bond donors (Lipinski definition) is 1. The van der Waals surface area contributed by atoms with Gasteiger partial charge >= 0.3 is 0 Å². The zero-order valence-corrected chi connectivity index (χ0v) is 14.4. The van der Waals surface area contributed by atoms with Crippen LogP contribution < -0.4 is 5.73 Å². The minimum absolute atomic E-state index is 0.115. The van der Waals surface area contributed by atoms with Crippen LogP contribution in [-0.2, 0) is 26.2 Å². The molecule has 1 aromatic carbocycles. The molecule has 1 saturated carbocycles. The molecule has 2 aliphatic rings. The van der Waals surface area contributed by atoms with Crippen LogP contribution in [0.15, 0.2) is 24.3 Å². The third-order valence-corrected chi connectivity index (χ3v) is 4.94. The maximum atomic E-state index is 12.0. The number of ether oxygens (including phenoxy) is 2. The van der Waals surface area contributed by atoms with Crippen molar-refractivity contribution in [3.8, 4) is 11.4 Å². The zero-order valence-electron chi connectivity index (χ0n) is 13.7. The van der Waals surface area contributed by atoms with Crippen molar-refractivity contribution in [3.05, 3.63) is 35.1 Å². The molecule has 1 saturated heterocycles. The number of rotatable bonds is 5. The van der Waals surface area contributed by atoms with Crippen LogP contribution in [-0.4, -0.2) is 46.6 Å². The highest BCUT2D eigenvalue weighted by molar-refractivity contribution is 6.30. The molecule has 25 heavy (non-hydrogen) atoms. The summed E-state index contributed by atoms with van der Waals surface area (Å²) in [6, 6.07) is 7.29. The first kappa shape index (κ1) is 16.5. The van der Waals surface area contributed by atoms with Crippen molar-refractivity contribution >= 4 is 17.5 Å². The third-order valence-electron chi connectivity index (χ3n) is 4.69. The molecule has 0 bridgehead atoms. The van der Waals surface area contributed by atoms with Gasteiger partial charge in [-0.3, -0.25) is 4.79 Å². The molecule has 1 atom stereocenters. The van der Waals surface area contributed by atoms with Crippen LogP contribution in [0.1, 0.15) is 18.7 Å². The summed E-state index contributed by atoms with van der Waals surface area (Å²) in [5.74, 6) is 0.805. The lowest BCUT2D eigenvalue weighted by Gasteiger charge is -2.23. The molecule has 2 fully saturated rings. The van der Waals surface area contributed by atoms with E-state index < -0.39 is 5.41 Å². The van der Waals surface area contributed by atoms with Crippen LogP contribution in [0.25, 0.3) is 11.4 Å². The number of carbonyl (C=O) groups is 1. The number of benzene rings is 1. The SMILES string of the molecule is NC(=O)C1(c2nc(-c3ccc(Cl)cc3)nn2C[C@H]2COCCO2)CC1. The average Bonchev–Trinajstić information content (AvgIpc) is 3.33. The van der Waals surface area contributed by atoms with E-state index in [2.05, 4.69) is 10.1 Å². The number of hydrogen-bond acceptors (Lipinski definition) is 5. The molecule has 2 aromatic rings. The molecule has 2 N–H and O–H groups in total. The molecule has 4 rings (SSSR count). The lowest BCUT2D eigenvalue weighted by atomic mass is 10.1. The summed E-state index contributed by atoms with van der Waals surface area (Å²) >= 11 is 5.95. The van der Waals surface area contributed by atoms with Gasteiger partial charge in [0.15, 0.2) is 5.82 Å². The van der Waals surface area contributed by atoms with E-state index in [9.17, 15) is 4.79 Å². The Balaban J connectivity index is 1.70. The number of carbonyl (C=O) groups excluding carboxylic acids is 1. The third kappa shape index (κ3) is 3.15. The van der Waals surface area contributed by atoms with Crippen LogP contribution in [0.2, 0.25) is 5.02 Å². The van der Waals surface area contributed by atoms with E-state index in [4.69, 9.17) is 26.8 Å². The van der Waals surface area contributed by atoms with E-state index >= 15 is 0 Å². The lowest BCUT2D eigenvalue weighted by Crippen LogP contribution is -2.36. The second kappa shape index (κ2) is 6.40. The standard InChI is InChI=1S/C17H19ClN4O3/c18-12-3-1-11(2-4-12)14-20-16(17(5-6-17)15(19)23)22(21-14)9-13-10-24-7-8-25-13/h1-4,13H,5-10H2,(H2,19,23)/t13-/m0/s1. The van der Waals surface area contributed by atoms with Gasteiger partial charge in [0, 0.05) is 10.6 Å². The molecule has 2 heterocycles. The zero-order chi connectivity index (χ0) is 17.4. The van der Waals surface area contributed by atoms with E-state index in [1.54, 1.807) is 16.8 Å². The molecule has 0 radical (unpaired) electrons. The largest absolute Gasteiger partial charge is 0.376 e. The van der Waals surface area contributed by atoms with E-state index in [0.29, 0.717) is 55.9 Å². The van der Waals surface area contributed by atoms with E-state index in [1.165, 1.54) is 0 Å². The van der Waals surface area contributed by atoms with Gasteiger partial charge in [0.25, 0.3) is 0 Å². The highest BCUT2D eigenvalue weighted by atomic mass is 35.5. The normalized spacial score (nSPS) is 21.9. The second-order valence-corrected chi connectivity index (χ2v) is 6.90. The highest BCUT2D eigenvalue weighted by Gasteiger charge is 2.54. The molecular weight excluding hydrogens is 344 g/mol. The van der Waals surface area contributed by atoms with Gasteiger partial charge in [-0.1, -0.05) is 11.6 Å². The Morgan fingerprint density at radius 1 is 1.32 bits per heavy atom. The number of halogens is 1. The number of aromatic nitrogens is 3. The molecule has 132 valence electrons. The van der Waals surface area contributed by atoms with Crippen molar-refractivity contribution < 1.29 is 14.3 Å². The molecule has 1 amide bonds. The smallest absolute Gasteiger partial charge is 0.231 e. The van der Waals surface area contributed by atoms with Gasteiger partial charge in [-0.2, -0.15) is 5.10 Å². The molecule has 1 aliphatic heterocycles. The molecule has 7 nitrogen and oxygen atoms in total. The summed E-state index contributed by atoms with van der Waals surface area (Å²) in [5.41, 5.74) is 5.76. The average molecular weight is 363 g/mol. The fourth-order valence-electron chi connectivity index (χ4n) is 3.08. The van der Waals surface area contributed by atoms with E-state index in [-0.39, 0.29) is 12.0 Å². The highest BCUT2D eigenvalue weighted by Crippen LogP contribution is 2.47. The van der Waals surface area contributed by atoms with Crippen LogP contribution in [0.5, 0.6) is 0 Å². The first-order valence-electron chi connectivity index (χ1n) is 8.29. The summed E-state index contributed by atoms with van der Waals surface area (Å²) < 4.78 is 12.9. The predicted octanol–water partition coefficient (Wildman–Crippen LogP) is 1.53. The van der Waals surface area contributed by atoms with Crippen molar-refractivity contribution in [2.24, 2.45) is 5.73 Å². The second-order valence-electron chi connectivity index (χ2n) is 6.46. The van der Waals surface area contributed by atoms with Crippen LogP contribution in [0, 0.1) is 0 Å². The predicted molar refractivity (Wildman–Crippen MR) is 91.1 cm³/mol. The molecule has 0 spiro atoms. The number of primary amides is 1. The maximum Gasteiger partial charge on any atom is 0.231 e. The van der Waals surface area contributed by atoms with Gasteiger partial charge in [0.05, 0.1) is 26.4 Å². The minimum atomic E-state index is -0.715. The quantitative estimate of drug-likeness (QED) is 0.870. The van der Waals surface area contributed by atoms with Gasteiger partial charge in [0.2, 0.25) is 5.91 Å². The maximum absolute atomic E-state index is 12.0. The minimum Gasteiger partial charge on any atom is -0.376 e. The van der Waals surface area contributed by atoms with Crippen LogP contribution in [0.4, 0.5) is 0 Å². The van der Waals surface area contributed by atoms with Gasteiger partial charge in [0.1, 0.15) is 17.3 Å². The van der Waals surface area contributed by atoms with Crippen molar-refractivity contribution in [2.45, 2.75) is 30.9 Å². The Hall–Kier alpha value is -1.96. The Morgan fingerprint density at radius 3 is 2.68 bits per heavy atom. The first-order chi connectivity index (χ1) is 12.1. The van der Waals surface area contributed by atoms with Gasteiger partial charge in [-0.25, -0.2) is 9.67 Å². The van der Waals surface area contributed by atoms with Crippen LogP contribution >= 0.6 is 11.6 Å². The summed E-state index contributed by atoms with van der Waals surface area (Å²) in [5, 5.41) is 5.26. The molecule has 0 unspecified atom stereocenters. The summed E-state index contributed by atoms with van der Waals surface area (Å²) in [4.78, 5) is 16.6. The molecular formula is C17H19ClN4O3. The van der Waals surface area contributed by atoms with E-state index in [0.717, 1.165) is 5.56 Å². The van der Waals surface area contributed by atoms with Gasteiger partial charge in [-0.15, -0.1) is 0 Å². The molecule has 1 aliphatic carbocycles. The van der Waals surface area contributed by atoms with Crippen LogP contribution in [0.3, 0.4) is 0 Å².